The van der Waals surface area contributed by atoms with Gasteiger partial charge in [-0.3, -0.25) is 19.2 Å². The van der Waals surface area contributed by atoms with Crippen LogP contribution in [0.1, 0.15) is 71.9 Å². The van der Waals surface area contributed by atoms with Crippen LogP contribution in [0.5, 0.6) is 5.75 Å². The highest BCUT2D eigenvalue weighted by atomic mass is 16.7. The molecule has 168 valence electrons. The zero-order valence-electron chi connectivity index (χ0n) is 19.1. The van der Waals surface area contributed by atoms with Crippen molar-refractivity contribution in [3.8, 4) is 5.75 Å². The Morgan fingerprint density at radius 3 is 2.03 bits per heavy atom. The van der Waals surface area contributed by atoms with E-state index < -0.39 is 17.5 Å². The van der Waals surface area contributed by atoms with Crippen molar-refractivity contribution in [3.05, 3.63) is 29.3 Å². The van der Waals surface area contributed by atoms with Crippen molar-refractivity contribution in [2.24, 2.45) is 11.3 Å². The lowest BCUT2D eigenvalue weighted by Gasteiger charge is -2.24. The molecule has 7 nitrogen and oxygen atoms in total. The van der Waals surface area contributed by atoms with E-state index in [1.807, 2.05) is 39.8 Å². The normalized spacial score (nSPS) is 15.6. The highest BCUT2D eigenvalue weighted by Crippen LogP contribution is 2.28. The van der Waals surface area contributed by atoms with Gasteiger partial charge in [-0.1, -0.05) is 32.9 Å². The van der Waals surface area contributed by atoms with Crippen LogP contribution in [-0.4, -0.2) is 38.7 Å². The summed E-state index contributed by atoms with van der Waals surface area (Å²) in [6, 6.07) is 5.36. The number of carbonyl (C=O) groups is 3. The molecule has 0 radical (unpaired) electrons. The van der Waals surface area contributed by atoms with E-state index in [1.165, 1.54) is 0 Å². The lowest BCUT2D eigenvalue weighted by molar-refractivity contribution is -0.218. The first-order valence-electron chi connectivity index (χ1n) is 10.2. The Bertz CT molecular complexity index is 757. The molecule has 2 N–H and O–H groups in total. The zero-order chi connectivity index (χ0) is 23.3. The number of carbonyl (C=O) groups excluding carboxylic acids is 2. The number of rotatable bonds is 5. The number of hydrogen-bond donors (Lipinski definition) is 2. The fraction of sp³-hybridized carbons (Fsp3) is 0.609. The summed E-state index contributed by atoms with van der Waals surface area (Å²) in [5, 5.41) is 19.8. The van der Waals surface area contributed by atoms with E-state index in [0.717, 1.165) is 16.2 Å². The van der Waals surface area contributed by atoms with Crippen molar-refractivity contribution in [2.45, 2.75) is 79.8 Å². The van der Waals surface area contributed by atoms with Gasteiger partial charge in [-0.05, 0) is 63.1 Å². The Morgan fingerprint density at radius 1 is 1.10 bits per heavy atom. The number of aliphatic carboxylic acids is 1. The summed E-state index contributed by atoms with van der Waals surface area (Å²) < 4.78 is 0. The largest absolute Gasteiger partial charge is 0.508 e. The van der Waals surface area contributed by atoms with Crippen LogP contribution in [0, 0.1) is 18.3 Å². The first-order valence-corrected chi connectivity index (χ1v) is 10.2. The number of nitrogens with zero attached hydrogens (tertiary/aromatic N) is 1. The summed E-state index contributed by atoms with van der Waals surface area (Å²) in [7, 11) is 0. The number of aryl methyl sites for hydroxylation is 1. The van der Waals surface area contributed by atoms with Gasteiger partial charge in [0.2, 0.25) is 0 Å². The molecular weight excluding hydrogens is 386 g/mol. The van der Waals surface area contributed by atoms with E-state index in [1.54, 1.807) is 26.8 Å². The quantitative estimate of drug-likeness (QED) is 0.689. The van der Waals surface area contributed by atoms with Crippen LogP contribution in [-0.2, 0) is 25.6 Å². The van der Waals surface area contributed by atoms with Gasteiger partial charge in [0.1, 0.15) is 5.75 Å². The summed E-state index contributed by atoms with van der Waals surface area (Å²) in [5.74, 6) is -1.44. The number of hydrogen-bond acceptors (Lipinski definition) is 5. The Kier molecular flexibility index (Phi) is 8.60. The molecule has 7 heteroatoms. The van der Waals surface area contributed by atoms with Crippen molar-refractivity contribution in [1.82, 2.24) is 5.06 Å². The molecule has 1 atom stereocenters. The molecule has 0 saturated carbocycles. The second-order valence-electron chi connectivity index (χ2n) is 9.91. The fourth-order valence-electron chi connectivity index (χ4n) is 2.98. The third-order valence-electron chi connectivity index (χ3n) is 4.33. The zero-order valence-corrected chi connectivity index (χ0v) is 19.1. The Labute approximate surface area is 179 Å². The van der Waals surface area contributed by atoms with Gasteiger partial charge in [-0.2, -0.15) is 5.06 Å². The van der Waals surface area contributed by atoms with Crippen LogP contribution in [0.2, 0.25) is 0 Å². The predicted octanol–water partition coefficient (Wildman–Crippen LogP) is 4.25. The fourth-order valence-corrected chi connectivity index (χ4v) is 2.98. The number of hydroxylamine groups is 2. The lowest BCUT2D eigenvalue weighted by atomic mass is 9.82. The molecule has 30 heavy (non-hydrogen) atoms. The number of imide groups is 1. The maximum atomic E-state index is 11.3. The van der Waals surface area contributed by atoms with E-state index in [9.17, 15) is 24.6 Å². The number of benzene rings is 1. The first-order chi connectivity index (χ1) is 13.6. The van der Waals surface area contributed by atoms with E-state index in [2.05, 4.69) is 0 Å². The van der Waals surface area contributed by atoms with Gasteiger partial charge in [0.25, 0.3) is 11.8 Å². The molecular formula is C23H35NO6. The molecule has 1 aromatic carbocycles. The maximum absolute atomic E-state index is 11.3. The lowest BCUT2D eigenvalue weighted by Crippen LogP contribution is -2.37. The standard InChI is InChI=1S/C15H22O3.C8H13NO3/c1-10-5-6-11(8-13(10)16)7-12(14(17)18)9-15(2,3)4;1-8(2,3)12-9-6(10)4-5-7(9)11/h5-6,8,12,16H,7,9H2,1-4H3,(H,17,18);4-5H2,1-3H3. The minimum absolute atomic E-state index is 0.0181. The SMILES string of the molecule is CC(C)(C)ON1C(=O)CCC1=O.Cc1ccc(CC(CC(C)(C)C)C(=O)O)cc1O. The van der Waals surface area contributed by atoms with Crippen LogP contribution in [0.3, 0.4) is 0 Å². The van der Waals surface area contributed by atoms with Crippen LogP contribution in [0.25, 0.3) is 0 Å². The number of phenols is 1. The topological polar surface area (TPSA) is 104 Å². The van der Waals surface area contributed by atoms with Crippen LogP contribution in [0.4, 0.5) is 0 Å². The minimum atomic E-state index is -0.773. The average Bonchev–Trinajstić information content (AvgIpc) is 2.87. The van der Waals surface area contributed by atoms with E-state index in [-0.39, 0.29) is 35.8 Å². The van der Waals surface area contributed by atoms with Crippen molar-refractivity contribution < 1.29 is 29.4 Å². The third kappa shape index (κ3) is 8.95. The second kappa shape index (κ2) is 10.1. The van der Waals surface area contributed by atoms with Gasteiger partial charge in [-0.15, -0.1) is 0 Å². The highest BCUT2D eigenvalue weighted by molar-refractivity contribution is 6.00. The summed E-state index contributed by atoms with van der Waals surface area (Å²) in [5.41, 5.74) is 1.17. The molecule has 1 unspecified atom stereocenters. The third-order valence-corrected chi connectivity index (χ3v) is 4.33. The van der Waals surface area contributed by atoms with Crippen LogP contribution < -0.4 is 0 Å². The molecule has 0 aliphatic carbocycles. The molecule has 1 aliphatic heterocycles. The van der Waals surface area contributed by atoms with Gasteiger partial charge >= 0.3 is 5.97 Å². The number of phenolic OH excluding ortho intramolecular Hbond substituents is 1. The van der Waals surface area contributed by atoms with Gasteiger partial charge in [0, 0.05) is 12.8 Å². The Morgan fingerprint density at radius 2 is 1.63 bits per heavy atom. The van der Waals surface area contributed by atoms with E-state index >= 15 is 0 Å². The average molecular weight is 422 g/mol. The monoisotopic (exact) mass is 421 g/mol. The molecule has 0 bridgehead atoms. The Balaban J connectivity index is 0.000000325. The summed E-state index contributed by atoms with van der Waals surface area (Å²) in [4.78, 5) is 38.5. The smallest absolute Gasteiger partial charge is 0.306 e. The van der Waals surface area contributed by atoms with Crippen molar-refractivity contribution in [2.75, 3.05) is 0 Å². The molecule has 1 fully saturated rings. The van der Waals surface area contributed by atoms with Gasteiger partial charge in [0.15, 0.2) is 0 Å². The summed E-state index contributed by atoms with van der Waals surface area (Å²) in [6.07, 6.45) is 1.63. The summed E-state index contributed by atoms with van der Waals surface area (Å²) >= 11 is 0. The Hall–Kier alpha value is -2.41. The number of aromatic hydroxyl groups is 1. The summed E-state index contributed by atoms with van der Waals surface area (Å²) in [6.45, 7) is 13.3. The number of carboxylic acid groups (broad SMARTS) is 1. The molecule has 1 heterocycles. The van der Waals surface area contributed by atoms with Gasteiger partial charge < -0.3 is 10.2 Å². The number of amides is 2. The van der Waals surface area contributed by atoms with Crippen LogP contribution >= 0.6 is 0 Å². The molecule has 2 amide bonds. The van der Waals surface area contributed by atoms with Crippen LogP contribution in [0.15, 0.2) is 18.2 Å². The van der Waals surface area contributed by atoms with E-state index in [4.69, 9.17) is 4.84 Å². The van der Waals surface area contributed by atoms with Crippen molar-refractivity contribution in [1.29, 1.82) is 0 Å². The molecule has 1 aliphatic rings. The maximum Gasteiger partial charge on any atom is 0.306 e. The first kappa shape index (κ1) is 25.6. The highest BCUT2D eigenvalue weighted by Gasteiger charge is 2.33. The van der Waals surface area contributed by atoms with Crippen molar-refractivity contribution >= 4 is 17.8 Å². The molecule has 2 rings (SSSR count). The van der Waals surface area contributed by atoms with Gasteiger partial charge in [0.05, 0.1) is 11.5 Å². The van der Waals surface area contributed by atoms with Gasteiger partial charge in [-0.25, -0.2) is 0 Å². The molecule has 1 saturated heterocycles. The minimum Gasteiger partial charge on any atom is -0.508 e. The second-order valence-corrected chi connectivity index (χ2v) is 9.91. The number of carboxylic acids is 1. The molecule has 1 aromatic rings. The molecule has 0 spiro atoms. The van der Waals surface area contributed by atoms with Crippen molar-refractivity contribution in [3.63, 3.8) is 0 Å². The molecule has 0 aromatic heterocycles. The predicted molar refractivity (Wildman–Crippen MR) is 114 cm³/mol. The van der Waals surface area contributed by atoms with E-state index in [0.29, 0.717) is 12.8 Å².